The lowest BCUT2D eigenvalue weighted by molar-refractivity contribution is -0.122. The van der Waals surface area contributed by atoms with Crippen LogP contribution in [0.4, 0.5) is 0 Å². The Morgan fingerprint density at radius 2 is 1.89 bits per heavy atom. The van der Waals surface area contributed by atoms with E-state index in [1.54, 1.807) is 12.1 Å². The monoisotopic (exact) mass is 390 g/mol. The SMILES string of the molecule is Cc1c(C(=O)NCc2ccc(S(N)(=O)=O)cc2)nc2ccccn12.O=CO. The molecule has 142 valence electrons. The van der Waals surface area contributed by atoms with Crippen LogP contribution in [-0.4, -0.2) is 35.3 Å². The van der Waals surface area contributed by atoms with Gasteiger partial charge in [-0.05, 0) is 36.8 Å². The summed E-state index contributed by atoms with van der Waals surface area (Å²) >= 11 is 0. The number of nitrogens with one attached hydrogen (secondary N) is 1. The molecular formula is C17H18N4O5S. The van der Waals surface area contributed by atoms with Gasteiger partial charge in [-0.15, -0.1) is 0 Å². The molecule has 0 radical (unpaired) electrons. The van der Waals surface area contributed by atoms with Crippen LogP contribution in [0.25, 0.3) is 5.65 Å². The lowest BCUT2D eigenvalue weighted by Gasteiger charge is -2.05. The van der Waals surface area contributed by atoms with Gasteiger partial charge in [-0.25, -0.2) is 18.5 Å². The molecule has 9 nitrogen and oxygen atoms in total. The van der Waals surface area contributed by atoms with Crippen molar-refractivity contribution in [3.05, 3.63) is 65.6 Å². The smallest absolute Gasteiger partial charge is 0.290 e. The molecular weight excluding hydrogens is 372 g/mol. The number of nitrogens with zero attached hydrogens (tertiary/aromatic N) is 2. The molecule has 0 aliphatic heterocycles. The molecule has 4 N–H and O–H groups in total. The van der Waals surface area contributed by atoms with E-state index in [4.69, 9.17) is 15.0 Å². The van der Waals surface area contributed by atoms with Gasteiger partial charge in [0.25, 0.3) is 12.4 Å². The van der Waals surface area contributed by atoms with Crippen molar-refractivity contribution in [2.75, 3.05) is 0 Å². The molecule has 2 heterocycles. The molecule has 0 aliphatic carbocycles. The van der Waals surface area contributed by atoms with Crippen molar-refractivity contribution >= 4 is 28.0 Å². The van der Waals surface area contributed by atoms with Crippen molar-refractivity contribution in [1.29, 1.82) is 0 Å². The fraction of sp³-hybridized carbons (Fsp3) is 0.118. The van der Waals surface area contributed by atoms with E-state index in [0.29, 0.717) is 11.3 Å². The predicted molar refractivity (Wildman–Crippen MR) is 97.6 cm³/mol. The molecule has 3 aromatic rings. The van der Waals surface area contributed by atoms with Gasteiger partial charge in [0, 0.05) is 12.7 Å². The van der Waals surface area contributed by atoms with Crippen molar-refractivity contribution in [3.8, 4) is 0 Å². The van der Waals surface area contributed by atoms with Crippen LogP contribution in [0.5, 0.6) is 0 Å². The first-order chi connectivity index (χ1) is 12.8. The normalized spacial score (nSPS) is 10.7. The highest BCUT2D eigenvalue weighted by atomic mass is 32.2. The summed E-state index contributed by atoms with van der Waals surface area (Å²) in [5, 5.41) is 14.7. The van der Waals surface area contributed by atoms with E-state index in [0.717, 1.165) is 11.3 Å². The first-order valence-corrected chi connectivity index (χ1v) is 9.24. The van der Waals surface area contributed by atoms with E-state index >= 15 is 0 Å². The first kappa shape index (κ1) is 20.1. The molecule has 0 atom stereocenters. The summed E-state index contributed by atoms with van der Waals surface area (Å²) in [4.78, 5) is 25.1. The number of pyridine rings is 1. The maximum Gasteiger partial charge on any atom is 0.290 e. The third-order valence-electron chi connectivity index (χ3n) is 3.69. The van der Waals surface area contributed by atoms with Crippen LogP contribution < -0.4 is 10.5 Å². The number of hydrogen-bond acceptors (Lipinski definition) is 5. The van der Waals surface area contributed by atoms with E-state index < -0.39 is 10.0 Å². The van der Waals surface area contributed by atoms with Crippen LogP contribution >= 0.6 is 0 Å². The summed E-state index contributed by atoms with van der Waals surface area (Å²) < 4.78 is 24.3. The number of primary sulfonamides is 1. The molecule has 0 fully saturated rings. The van der Waals surface area contributed by atoms with Gasteiger partial charge < -0.3 is 14.8 Å². The Bertz CT molecular complexity index is 1060. The maximum absolute atomic E-state index is 12.3. The summed E-state index contributed by atoms with van der Waals surface area (Å²) in [6, 6.07) is 11.6. The summed E-state index contributed by atoms with van der Waals surface area (Å²) in [6.45, 7) is 1.84. The molecule has 1 amide bonds. The standard InChI is InChI=1S/C16H16N4O3S.CH2O2/c1-11-15(19-14-4-2-3-9-20(11)14)16(21)18-10-12-5-7-13(8-6-12)24(17,22)23;2-1-3/h2-9H,10H2,1H3,(H,18,21)(H2,17,22,23);1H,(H,2,3). The number of amides is 1. The highest BCUT2D eigenvalue weighted by molar-refractivity contribution is 7.89. The first-order valence-electron chi connectivity index (χ1n) is 7.69. The Morgan fingerprint density at radius 3 is 2.44 bits per heavy atom. The predicted octanol–water partition coefficient (Wildman–Crippen LogP) is 0.921. The van der Waals surface area contributed by atoms with Crippen LogP contribution in [-0.2, 0) is 21.4 Å². The molecule has 3 rings (SSSR count). The van der Waals surface area contributed by atoms with Crippen molar-refractivity contribution in [2.24, 2.45) is 5.14 Å². The van der Waals surface area contributed by atoms with Gasteiger partial charge in [-0.2, -0.15) is 0 Å². The number of aromatic nitrogens is 2. The minimum atomic E-state index is -3.71. The summed E-state index contributed by atoms with van der Waals surface area (Å²) in [7, 11) is -3.71. The lowest BCUT2D eigenvalue weighted by atomic mass is 10.2. The van der Waals surface area contributed by atoms with Crippen molar-refractivity contribution in [2.45, 2.75) is 18.4 Å². The molecule has 0 bridgehead atoms. The molecule has 0 saturated carbocycles. The minimum Gasteiger partial charge on any atom is -0.483 e. The number of fused-ring (bicyclic) bond motifs is 1. The number of carbonyl (C=O) groups excluding carboxylic acids is 1. The molecule has 10 heteroatoms. The van der Waals surface area contributed by atoms with Gasteiger partial charge >= 0.3 is 0 Å². The van der Waals surface area contributed by atoms with E-state index in [1.165, 1.54) is 12.1 Å². The van der Waals surface area contributed by atoms with Crippen molar-refractivity contribution < 1.29 is 23.1 Å². The van der Waals surface area contributed by atoms with E-state index in [1.807, 2.05) is 35.7 Å². The van der Waals surface area contributed by atoms with Crippen LogP contribution in [0.3, 0.4) is 0 Å². The van der Waals surface area contributed by atoms with Gasteiger partial charge in [0.15, 0.2) is 0 Å². The summed E-state index contributed by atoms with van der Waals surface area (Å²) in [5.74, 6) is -0.285. The Kier molecular flexibility index (Phi) is 6.27. The number of hydrogen-bond donors (Lipinski definition) is 3. The Labute approximate surface area is 155 Å². The highest BCUT2D eigenvalue weighted by Gasteiger charge is 2.15. The fourth-order valence-electron chi connectivity index (χ4n) is 2.40. The number of carboxylic acid groups (broad SMARTS) is 1. The topological polar surface area (TPSA) is 144 Å². The van der Waals surface area contributed by atoms with Crippen LogP contribution in [0.2, 0.25) is 0 Å². The molecule has 0 unspecified atom stereocenters. The largest absolute Gasteiger partial charge is 0.483 e. The molecule has 0 spiro atoms. The van der Waals surface area contributed by atoms with Crippen LogP contribution in [0.15, 0.2) is 53.6 Å². The number of nitrogens with two attached hydrogens (primary N) is 1. The highest BCUT2D eigenvalue weighted by Crippen LogP contribution is 2.12. The number of imidazole rings is 1. The Balaban J connectivity index is 0.000000817. The van der Waals surface area contributed by atoms with E-state index in [2.05, 4.69) is 10.3 Å². The molecule has 1 aromatic carbocycles. The summed E-state index contributed by atoms with van der Waals surface area (Å²) in [6.07, 6.45) is 1.85. The van der Waals surface area contributed by atoms with E-state index in [9.17, 15) is 13.2 Å². The van der Waals surface area contributed by atoms with Crippen molar-refractivity contribution in [3.63, 3.8) is 0 Å². The van der Waals surface area contributed by atoms with E-state index in [-0.39, 0.29) is 23.8 Å². The molecule has 0 saturated heterocycles. The average molecular weight is 390 g/mol. The number of carbonyl (C=O) groups is 2. The van der Waals surface area contributed by atoms with Gasteiger partial charge in [0.1, 0.15) is 11.3 Å². The zero-order chi connectivity index (χ0) is 20.0. The summed E-state index contributed by atoms with van der Waals surface area (Å²) in [5.41, 5.74) is 2.59. The van der Waals surface area contributed by atoms with Gasteiger partial charge in [-0.1, -0.05) is 18.2 Å². The van der Waals surface area contributed by atoms with Gasteiger partial charge in [0.05, 0.1) is 10.6 Å². The molecule has 2 aromatic heterocycles. The number of aryl methyl sites for hydroxylation is 1. The lowest BCUT2D eigenvalue weighted by Crippen LogP contribution is -2.24. The number of benzene rings is 1. The second-order valence-corrected chi connectivity index (χ2v) is 7.01. The van der Waals surface area contributed by atoms with Gasteiger partial charge in [0.2, 0.25) is 10.0 Å². The molecule has 0 aliphatic rings. The average Bonchev–Trinajstić information content (AvgIpc) is 2.97. The third kappa shape index (κ3) is 4.90. The second-order valence-electron chi connectivity index (χ2n) is 5.45. The van der Waals surface area contributed by atoms with Gasteiger partial charge in [-0.3, -0.25) is 9.59 Å². The Morgan fingerprint density at radius 1 is 1.26 bits per heavy atom. The second kappa shape index (κ2) is 8.43. The quantitative estimate of drug-likeness (QED) is 0.565. The third-order valence-corrected chi connectivity index (χ3v) is 4.62. The van der Waals surface area contributed by atoms with Crippen LogP contribution in [0, 0.1) is 6.92 Å². The Hall–Kier alpha value is -3.24. The maximum atomic E-state index is 12.3. The number of sulfonamides is 1. The van der Waals surface area contributed by atoms with Crippen molar-refractivity contribution in [1.82, 2.24) is 14.7 Å². The van der Waals surface area contributed by atoms with Crippen LogP contribution in [0.1, 0.15) is 21.7 Å². The number of rotatable bonds is 4. The fourth-order valence-corrected chi connectivity index (χ4v) is 2.91. The molecule has 27 heavy (non-hydrogen) atoms. The zero-order valence-corrected chi connectivity index (χ0v) is 15.2. The zero-order valence-electron chi connectivity index (χ0n) is 14.4. The minimum absolute atomic E-state index is 0.0359.